The van der Waals surface area contributed by atoms with Gasteiger partial charge in [-0.1, -0.05) is 39.9 Å². The topological polar surface area (TPSA) is 20.2 Å². The first-order chi connectivity index (χ1) is 5.87. The van der Waals surface area contributed by atoms with Gasteiger partial charge in [-0.05, 0) is 35.4 Å². The van der Waals surface area contributed by atoms with Crippen LogP contribution in [0.3, 0.4) is 0 Å². The van der Waals surface area contributed by atoms with Crippen molar-refractivity contribution in [2.45, 2.75) is 56.4 Å². The second kappa shape index (κ2) is 5.59. The third-order valence-corrected chi connectivity index (χ3v) is 4.77. The summed E-state index contributed by atoms with van der Waals surface area (Å²) in [6.07, 6.45) is 5.48. The van der Waals surface area contributed by atoms with Crippen molar-refractivity contribution in [1.29, 1.82) is 0 Å². The van der Waals surface area contributed by atoms with E-state index in [9.17, 15) is 5.11 Å². The summed E-state index contributed by atoms with van der Waals surface area (Å²) in [6.45, 7) is 6.54. The maximum absolute atomic E-state index is 10.3. The predicted octanol–water partition coefficient (Wildman–Crippen LogP) is 2.77. The molecule has 0 rings (SSSR count). The highest BCUT2D eigenvalue weighted by Crippen LogP contribution is 2.43. The number of hydrogen-bond acceptors (Lipinski definition) is 1. The minimum absolute atomic E-state index is 0.0413. The van der Waals surface area contributed by atoms with Crippen LogP contribution < -0.4 is 0 Å². The predicted molar refractivity (Wildman–Crippen MR) is 70.2 cm³/mol. The first-order valence-corrected chi connectivity index (χ1v) is 6.36. The fourth-order valence-corrected chi connectivity index (χ4v) is 2.29. The zero-order valence-electron chi connectivity index (χ0n) is 9.36. The van der Waals surface area contributed by atoms with Crippen LogP contribution >= 0.6 is 22.6 Å². The van der Waals surface area contributed by atoms with Gasteiger partial charge in [0.1, 0.15) is 11.5 Å². The third-order valence-electron chi connectivity index (χ3n) is 2.77. The highest BCUT2D eigenvalue weighted by Gasteiger charge is 2.39. The molecule has 3 heteroatoms. The van der Waals surface area contributed by atoms with Crippen molar-refractivity contribution in [1.82, 2.24) is 0 Å². The number of aliphatic hydroxyl groups is 1. The molecule has 0 spiro atoms. The molecule has 0 unspecified atom stereocenters. The van der Waals surface area contributed by atoms with Crippen molar-refractivity contribution in [3.05, 3.63) is 0 Å². The summed E-state index contributed by atoms with van der Waals surface area (Å²) >= 11 is 2.21. The van der Waals surface area contributed by atoms with Gasteiger partial charge in [0.05, 0.1) is 0 Å². The zero-order valence-corrected chi connectivity index (χ0v) is 11.5. The van der Waals surface area contributed by atoms with Crippen LogP contribution in [0.25, 0.3) is 0 Å². The van der Waals surface area contributed by atoms with Crippen LogP contribution in [0, 0.1) is 5.41 Å². The minimum atomic E-state index is -0.533. The second-order valence-corrected chi connectivity index (χ2v) is 6.28. The average molecular weight is 296 g/mol. The van der Waals surface area contributed by atoms with E-state index in [2.05, 4.69) is 51.2 Å². The second-order valence-electron chi connectivity index (χ2n) is 4.50. The Morgan fingerprint density at radius 2 is 1.85 bits per heavy atom. The Bertz CT molecular complexity index is 146. The van der Waals surface area contributed by atoms with E-state index in [-0.39, 0.29) is 5.41 Å². The van der Waals surface area contributed by atoms with Crippen LogP contribution in [-0.4, -0.2) is 16.6 Å². The van der Waals surface area contributed by atoms with Crippen molar-refractivity contribution in [2.24, 2.45) is 5.41 Å². The molecule has 0 aromatic rings. The molecule has 0 saturated heterocycles. The molecule has 78 valence electrons. The highest BCUT2D eigenvalue weighted by molar-refractivity contribution is 14.1. The summed E-state index contributed by atoms with van der Waals surface area (Å²) in [6, 6.07) is 0. The molecule has 0 aliphatic heterocycles. The smallest absolute Gasteiger partial charge is 0.120 e. The Morgan fingerprint density at radius 1 is 1.31 bits per heavy atom. The molecular weight excluding hydrogens is 274 g/mol. The lowest BCUT2D eigenvalue weighted by molar-refractivity contribution is 0.0231. The van der Waals surface area contributed by atoms with Gasteiger partial charge >= 0.3 is 0 Å². The van der Waals surface area contributed by atoms with E-state index in [0.717, 1.165) is 19.2 Å². The Kier molecular flexibility index (Phi) is 5.92. The van der Waals surface area contributed by atoms with E-state index in [0.29, 0.717) is 0 Å². The van der Waals surface area contributed by atoms with Gasteiger partial charge in [0.25, 0.3) is 0 Å². The summed E-state index contributed by atoms with van der Waals surface area (Å²) in [5.74, 6) is 0. The van der Waals surface area contributed by atoms with Crippen LogP contribution in [-0.2, 0) is 0 Å². The number of halogens is 1. The Labute approximate surface area is 97.2 Å². The molecule has 0 radical (unpaired) electrons. The summed E-state index contributed by atoms with van der Waals surface area (Å²) in [7, 11) is 2.12. The lowest BCUT2D eigenvalue weighted by Gasteiger charge is -2.38. The molecule has 0 aliphatic rings. The molecule has 1 atom stereocenters. The number of unbranched alkanes of at least 4 members (excludes halogenated alkanes) is 1. The fourth-order valence-electron chi connectivity index (χ4n) is 1.48. The van der Waals surface area contributed by atoms with Crippen molar-refractivity contribution >= 4 is 30.4 Å². The van der Waals surface area contributed by atoms with Crippen molar-refractivity contribution in [3.63, 3.8) is 0 Å². The van der Waals surface area contributed by atoms with Gasteiger partial charge in [-0.3, -0.25) is 0 Å². The van der Waals surface area contributed by atoms with Crippen molar-refractivity contribution in [3.8, 4) is 0 Å². The van der Waals surface area contributed by atoms with Crippen LogP contribution in [0.2, 0.25) is 6.32 Å². The molecule has 0 amide bonds. The molecule has 13 heavy (non-hydrogen) atoms. The van der Waals surface area contributed by atoms with Gasteiger partial charge in [0.2, 0.25) is 0 Å². The third kappa shape index (κ3) is 4.19. The van der Waals surface area contributed by atoms with E-state index in [4.69, 9.17) is 0 Å². The number of alkyl halides is 1. The molecule has 1 N–H and O–H groups in total. The van der Waals surface area contributed by atoms with Crippen LogP contribution in [0.1, 0.15) is 46.5 Å². The number of rotatable bonds is 6. The van der Waals surface area contributed by atoms with Crippen LogP contribution in [0.5, 0.6) is 0 Å². The SMILES string of the molecule is BCC[C@@](O)(I)C(C)(C)CCCC. The first-order valence-electron chi connectivity index (χ1n) is 5.28. The maximum Gasteiger partial charge on any atom is 0.120 e. The molecule has 0 aromatic carbocycles. The van der Waals surface area contributed by atoms with Gasteiger partial charge in [-0.25, -0.2) is 0 Å². The fraction of sp³-hybridized carbons (Fsp3) is 1.00. The Morgan fingerprint density at radius 3 is 2.23 bits per heavy atom. The zero-order chi connectivity index (χ0) is 10.5. The van der Waals surface area contributed by atoms with E-state index in [1.807, 2.05) is 0 Å². The quantitative estimate of drug-likeness (QED) is 0.454. The van der Waals surface area contributed by atoms with Gasteiger partial charge in [-0.2, -0.15) is 0 Å². The average Bonchev–Trinajstić information content (AvgIpc) is 2.00. The van der Waals surface area contributed by atoms with E-state index < -0.39 is 3.61 Å². The molecule has 0 aliphatic carbocycles. The molecule has 0 saturated carbocycles. The van der Waals surface area contributed by atoms with Gasteiger partial charge in [-0.15, -0.1) is 0 Å². The largest absolute Gasteiger partial charge is 0.379 e. The highest BCUT2D eigenvalue weighted by atomic mass is 127. The summed E-state index contributed by atoms with van der Waals surface area (Å²) in [5.41, 5.74) is 0.0413. The first kappa shape index (κ1) is 13.8. The molecule has 1 nitrogen and oxygen atoms in total. The van der Waals surface area contributed by atoms with Gasteiger partial charge in [0, 0.05) is 5.41 Å². The summed E-state index contributed by atoms with van der Waals surface area (Å²) < 4.78 is -0.533. The molecule has 0 bridgehead atoms. The van der Waals surface area contributed by atoms with Gasteiger partial charge in [0.15, 0.2) is 0 Å². The standard InChI is InChI=1S/C10H22BIO/c1-4-5-6-9(2,3)10(12,13)7-8-11/h13H,4-8,11H2,1-3H3/t10-/m0/s1. The van der Waals surface area contributed by atoms with E-state index in [1.165, 1.54) is 12.8 Å². The lowest BCUT2D eigenvalue weighted by Crippen LogP contribution is -2.38. The van der Waals surface area contributed by atoms with E-state index in [1.54, 1.807) is 0 Å². The maximum atomic E-state index is 10.3. The van der Waals surface area contributed by atoms with Gasteiger partial charge < -0.3 is 5.11 Å². The molecule has 0 fully saturated rings. The number of hydrogen-bond donors (Lipinski definition) is 1. The Hall–Kier alpha value is 0.755. The minimum Gasteiger partial charge on any atom is -0.379 e. The normalized spacial score (nSPS) is 17.0. The van der Waals surface area contributed by atoms with Crippen molar-refractivity contribution < 1.29 is 5.11 Å². The van der Waals surface area contributed by atoms with Crippen molar-refractivity contribution in [2.75, 3.05) is 0 Å². The molecule has 0 aromatic heterocycles. The summed E-state index contributed by atoms with van der Waals surface area (Å²) in [5, 5.41) is 10.3. The molecule has 0 heterocycles. The monoisotopic (exact) mass is 296 g/mol. The summed E-state index contributed by atoms with van der Waals surface area (Å²) in [4.78, 5) is 0. The molecular formula is C10H22BIO. The Balaban J connectivity index is 4.22. The lowest BCUT2D eigenvalue weighted by atomic mass is 9.78. The van der Waals surface area contributed by atoms with Crippen LogP contribution in [0.4, 0.5) is 0 Å². The van der Waals surface area contributed by atoms with E-state index >= 15 is 0 Å². The van der Waals surface area contributed by atoms with Crippen LogP contribution in [0.15, 0.2) is 0 Å².